The van der Waals surface area contributed by atoms with Gasteiger partial charge in [0.25, 0.3) is 5.91 Å². The van der Waals surface area contributed by atoms with E-state index in [2.05, 4.69) is 10.3 Å². The number of nitrogens with zero attached hydrogens (tertiary/aromatic N) is 1. The van der Waals surface area contributed by atoms with Crippen molar-refractivity contribution in [3.63, 3.8) is 0 Å². The molecule has 2 aromatic rings. The van der Waals surface area contributed by atoms with E-state index in [-0.39, 0.29) is 5.91 Å². The van der Waals surface area contributed by atoms with Crippen LogP contribution in [0.2, 0.25) is 0 Å². The van der Waals surface area contributed by atoms with E-state index in [1.165, 1.54) is 6.08 Å². The fourth-order valence-corrected chi connectivity index (χ4v) is 1.58. The van der Waals surface area contributed by atoms with Gasteiger partial charge in [0.1, 0.15) is 12.0 Å². The quantitative estimate of drug-likeness (QED) is 0.672. The van der Waals surface area contributed by atoms with Gasteiger partial charge in [-0.2, -0.15) is 0 Å². The lowest BCUT2D eigenvalue weighted by molar-refractivity contribution is -0.104. The Labute approximate surface area is 110 Å². The number of para-hydroxylation sites is 1. The number of rotatable bonds is 4. The van der Waals surface area contributed by atoms with E-state index in [0.717, 1.165) is 5.56 Å². The largest absolute Gasteiger partial charge is 0.320 e. The maximum Gasteiger partial charge on any atom is 0.274 e. The van der Waals surface area contributed by atoms with Gasteiger partial charge in [-0.3, -0.25) is 14.6 Å². The van der Waals surface area contributed by atoms with Crippen LogP contribution < -0.4 is 5.32 Å². The third kappa shape index (κ3) is 3.35. The Hall–Kier alpha value is -2.75. The van der Waals surface area contributed by atoms with Crippen LogP contribution in [0.4, 0.5) is 5.69 Å². The van der Waals surface area contributed by atoms with Gasteiger partial charge in [0.15, 0.2) is 0 Å². The topological polar surface area (TPSA) is 59.1 Å². The number of hydrogen-bond donors (Lipinski definition) is 1. The van der Waals surface area contributed by atoms with Gasteiger partial charge in [0.05, 0.1) is 0 Å². The summed E-state index contributed by atoms with van der Waals surface area (Å²) in [6.45, 7) is 0. The third-order valence-corrected chi connectivity index (χ3v) is 2.46. The molecule has 0 aliphatic rings. The van der Waals surface area contributed by atoms with Crippen LogP contribution in [-0.4, -0.2) is 17.2 Å². The molecule has 1 N–H and O–H groups in total. The average Bonchev–Trinajstić information content (AvgIpc) is 2.47. The van der Waals surface area contributed by atoms with Crippen molar-refractivity contribution in [3.05, 3.63) is 66.0 Å². The predicted molar refractivity (Wildman–Crippen MR) is 73.7 cm³/mol. The molecular weight excluding hydrogens is 240 g/mol. The lowest BCUT2D eigenvalue weighted by Gasteiger charge is -2.07. The zero-order valence-corrected chi connectivity index (χ0v) is 10.1. The van der Waals surface area contributed by atoms with Gasteiger partial charge in [-0.15, -0.1) is 0 Å². The smallest absolute Gasteiger partial charge is 0.274 e. The summed E-state index contributed by atoms with van der Waals surface area (Å²) in [4.78, 5) is 26.3. The molecule has 1 aromatic carbocycles. The predicted octanol–water partition coefficient (Wildman–Crippen LogP) is 2.55. The molecule has 0 radical (unpaired) electrons. The normalized spacial score (nSPS) is 10.3. The summed E-state index contributed by atoms with van der Waals surface area (Å²) in [7, 11) is 0. The van der Waals surface area contributed by atoms with Crippen LogP contribution in [-0.2, 0) is 4.79 Å². The zero-order valence-electron chi connectivity index (χ0n) is 10.1. The molecule has 0 saturated heterocycles. The van der Waals surface area contributed by atoms with Crippen molar-refractivity contribution in [1.29, 1.82) is 0 Å². The number of aldehydes is 1. The average molecular weight is 252 g/mol. The van der Waals surface area contributed by atoms with Crippen molar-refractivity contribution >= 4 is 24.0 Å². The van der Waals surface area contributed by atoms with Gasteiger partial charge < -0.3 is 5.32 Å². The van der Waals surface area contributed by atoms with Crippen molar-refractivity contribution < 1.29 is 9.59 Å². The molecule has 0 spiro atoms. The number of anilines is 1. The van der Waals surface area contributed by atoms with E-state index in [4.69, 9.17) is 0 Å². The lowest BCUT2D eigenvalue weighted by Crippen LogP contribution is -2.14. The maximum absolute atomic E-state index is 12.0. The zero-order chi connectivity index (χ0) is 13.5. The summed E-state index contributed by atoms with van der Waals surface area (Å²) in [6, 6.07) is 12.4. The first kappa shape index (κ1) is 12.7. The van der Waals surface area contributed by atoms with E-state index >= 15 is 0 Å². The number of benzene rings is 1. The molecule has 1 heterocycles. The number of carbonyl (C=O) groups excluding carboxylic acids is 2. The number of amides is 1. The Kier molecular flexibility index (Phi) is 4.18. The van der Waals surface area contributed by atoms with Gasteiger partial charge in [-0.05, 0) is 35.9 Å². The molecule has 1 amide bonds. The van der Waals surface area contributed by atoms with Crippen LogP contribution in [0.15, 0.2) is 54.7 Å². The summed E-state index contributed by atoms with van der Waals surface area (Å²) < 4.78 is 0. The van der Waals surface area contributed by atoms with E-state index in [0.29, 0.717) is 17.7 Å². The van der Waals surface area contributed by atoms with Crippen molar-refractivity contribution in [2.75, 3.05) is 5.32 Å². The number of aromatic nitrogens is 1. The highest BCUT2D eigenvalue weighted by Crippen LogP contribution is 2.17. The molecular formula is C15H12N2O2. The summed E-state index contributed by atoms with van der Waals surface area (Å²) in [5.74, 6) is -0.285. The van der Waals surface area contributed by atoms with E-state index in [9.17, 15) is 9.59 Å². The second kappa shape index (κ2) is 6.26. The molecule has 0 unspecified atom stereocenters. The second-order valence-electron chi connectivity index (χ2n) is 3.75. The first-order valence-corrected chi connectivity index (χ1v) is 5.74. The monoisotopic (exact) mass is 252 g/mol. The van der Waals surface area contributed by atoms with Crippen LogP contribution >= 0.6 is 0 Å². The first-order chi connectivity index (χ1) is 9.31. The third-order valence-electron chi connectivity index (χ3n) is 2.46. The molecule has 0 atom stereocenters. The Morgan fingerprint density at radius 1 is 1.11 bits per heavy atom. The number of allylic oxidation sites excluding steroid dienone is 1. The van der Waals surface area contributed by atoms with Gasteiger partial charge in [-0.1, -0.05) is 24.3 Å². The molecule has 19 heavy (non-hydrogen) atoms. The number of hydrogen-bond acceptors (Lipinski definition) is 3. The molecule has 0 aliphatic heterocycles. The summed E-state index contributed by atoms with van der Waals surface area (Å²) in [5, 5.41) is 2.77. The minimum Gasteiger partial charge on any atom is -0.320 e. The van der Waals surface area contributed by atoms with Crippen LogP contribution in [0.25, 0.3) is 6.08 Å². The summed E-state index contributed by atoms with van der Waals surface area (Å²) in [5.41, 5.74) is 1.74. The fraction of sp³-hybridized carbons (Fsp3) is 0. The Balaban J connectivity index is 2.22. The Morgan fingerprint density at radius 2 is 1.89 bits per heavy atom. The molecule has 2 rings (SSSR count). The van der Waals surface area contributed by atoms with E-state index in [1.807, 2.05) is 18.2 Å². The van der Waals surface area contributed by atoms with Gasteiger partial charge in [0.2, 0.25) is 0 Å². The highest BCUT2D eigenvalue weighted by atomic mass is 16.1. The van der Waals surface area contributed by atoms with Crippen molar-refractivity contribution in [3.8, 4) is 0 Å². The molecule has 0 bridgehead atoms. The van der Waals surface area contributed by atoms with Crippen LogP contribution in [0.5, 0.6) is 0 Å². The molecule has 94 valence electrons. The van der Waals surface area contributed by atoms with Crippen molar-refractivity contribution in [2.24, 2.45) is 0 Å². The molecule has 1 aromatic heterocycles. The molecule has 0 aliphatic carbocycles. The van der Waals surface area contributed by atoms with E-state index < -0.39 is 0 Å². The van der Waals surface area contributed by atoms with Crippen LogP contribution in [0.3, 0.4) is 0 Å². The van der Waals surface area contributed by atoms with Crippen molar-refractivity contribution in [2.45, 2.75) is 0 Å². The number of carbonyl (C=O) groups is 2. The SMILES string of the molecule is O=C/C=C/c1ccccc1NC(=O)c1ccccn1. The Morgan fingerprint density at radius 3 is 2.63 bits per heavy atom. The highest BCUT2D eigenvalue weighted by molar-refractivity contribution is 6.04. The maximum atomic E-state index is 12.0. The van der Waals surface area contributed by atoms with Gasteiger partial charge in [-0.25, -0.2) is 0 Å². The van der Waals surface area contributed by atoms with Crippen molar-refractivity contribution in [1.82, 2.24) is 4.98 Å². The lowest BCUT2D eigenvalue weighted by atomic mass is 10.1. The number of nitrogens with one attached hydrogen (secondary N) is 1. The minimum atomic E-state index is -0.285. The van der Waals surface area contributed by atoms with Gasteiger partial charge in [0, 0.05) is 11.9 Å². The van der Waals surface area contributed by atoms with Gasteiger partial charge >= 0.3 is 0 Å². The molecule has 4 nitrogen and oxygen atoms in total. The standard InChI is InChI=1S/C15H12N2O2/c18-11-5-7-12-6-1-2-8-13(12)17-15(19)14-9-3-4-10-16-14/h1-11H,(H,17,19)/b7-5+. The second-order valence-corrected chi connectivity index (χ2v) is 3.75. The Bertz CT molecular complexity index is 607. The summed E-state index contributed by atoms with van der Waals surface area (Å²) in [6.07, 6.45) is 5.28. The van der Waals surface area contributed by atoms with Crippen LogP contribution in [0.1, 0.15) is 16.1 Å². The highest BCUT2D eigenvalue weighted by Gasteiger charge is 2.08. The molecule has 0 saturated carbocycles. The first-order valence-electron chi connectivity index (χ1n) is 5.74. The summed E-state index contributed by atoms with van der Waals surface area (Å²) >= 11 is 0. The molecule has 4 heteroatoms. The minimum absolute atomic E-state index is 0.285. The van der Waals surface area contributed by atoms with E-state index in [1.54, 1.807) is 36.5 Å². The van der Waals surface area contributed by atoms with Crippen LogP contribution in [0, 0.1) is 0 Å². The fourth-order valence-electron chi connectivity index (χ4n) is 1.58. The molecule has 0 fully saturated rings. The number of pyridine rings is 1.